The number of rotatable bonds is 7. The highest BCUT2D eigenvalue weighted by atomic mass is 127. The summed E-state index contributed by atoms with van der Waals surface area (Å²) < 4.78 is 19.3. The van der Waals surface area contributed by atoms with E-state index in [1.54, 1.807) is 12.1 Å². The Bertz CT molecular complexity index is 566. The topological polar surface area (TPSA) is 40.1 Å². The molecule has 0 spiro atoms. The summed E-state index contributed by atoms with van der Waals surface area (Å²) in [5.41, 5.74) is 1.000. The molecule has 0 aliphatic carbocycles. The molecule has 1 aliphatic rings. The Kier molecular flexibility index (Phi) is 11.2. The lowest BCUT2D eigenvalue weighted by Crippen LogP contribution is -2.51. The van der Waals surface area contributed by atoms with Crippen LogP contribution in [0.1, 0.15) is 38.9 Å². The van der Waals surface area contributed by atoms with E-state index in [0.29, 0.717) is 6.54 Å². The van der Waals surface area contributed by atoms with Crippen LogP contribution >= 0.6 is 24.0 Å². The third-order valence-corrected chi connectivity index (χ3v) is 4.84. The minimum absolute atomic E-state index is 0. The second-order valence-electron chi connectivity index (χ2n) is 6.75. The van der Waals surface area contributed by atoms with E-state index in [1.165, 1.54) is 12.1 Å². The fourth-order valence-electron chi connectivity index (χ4n) is 3.36. The lowest BCUT2D eigenvalue weighted by atomic mass is 10.1. The fraction of sp³-hybridized carbons (Fsp3) is 0.650. The average molecular weight is 492 g/mol. The molecule has 0 radical (unpaired) electrons. The maximum Gasteiger partial charge on any atom is 0.193 e. The number of benzene rings is 1. The quantitative estimate of drug-likeness (QED) is 0.274. The predicted octanol–water partition coefficient (Wildman–Crippen LogP) is 3.51. The Morgan fingerprint density at radius 2 is 1.93 bits per heavy atom. The van der Waals surface area contributed by atoms with E-state index in [4.69, 9.17) is 4.74 Å². The molecule has 1 fully saturated rings. The third-order valence-electron chi connectivity index (χ3n) is 4.84. The van der Waals surface area contributed by atoms with Crippen LogP contribution in [0.3, 0.4) is 0 Å². The van der Waals surface area contributed by atoms with Crippen molar-refractivity contribution in [1.82, 2.24) is 15.1 Å². The van der Waals surface area contributed by atoms with Crippen LogP contribution in [-0.2, 0) is 4.74 Å². The van der Waals surface area contributed by atoms with Crippen molar-refractivity contribution >= 4 is 29.9 Å². The van der Waals surface area contributed by atoms with E-state index < -0.39 is 0 Å². The zero-order chi connectivity index (χ0) is 18.9. The molecular weight excluding hydrogens is 458 g/mol. The number of ether oxygens (including phenoxy) is 1. The highest BCUT2D eigenvalue weighted by Gasteiger charge is 2.28. The predicted molar refractivity (Wildman–Crippen MR) is 120 cm³/mol. The largest absolute Gasteiger partial charge is 0.367 e. The minimum Gasteiger partial charge on any atom is -0.367 e. The highest BCUT2D eigenvalue weighted by molar-refractivity contribution is 14.0. The van der Waals surface area contributed by atoms with Crippen molar-refractivity contribution in [2.45, 2.75) is 39.4 Å². The van der Waals surface area contributed by atoms with Gasteiger partial charge in [-0.2, -0.15) is 0 Å². The molecule has 0 bridgehead atoms. The van der Waals surface area contributed by atoms with Gasteiger partial charge in [0.1, 0.15) is 11.9 Å². The number of nitrogens with zero attached hydrogens (tertiary/aromatic N) is 3. The van der Waals surface area contributed by atoms with Crippen LogP contribution in [0.5, 0.6) is 0 Å². The first-order valence-corrected chi connectivity index (χ1v) is 9.66. The molecule has 2 unspecified atom stereocenters. The molecule has 2 rings (SSSR count). The first kappa shape index (κ1) is 24.1. The van der Waals surface area contributed by atoms with Crippen molar-refractivity contribution < 1.29 is 9.13 Å². The molecule has 154 valence electrons. The number of hydrogen-bond acceptors (Lipinski definition) is 3. The van der Waals surface area contributed by atoms with Crippen LogP contribution in [0.4, 0.5) is 4.39 Å². The minimum atomic E-state index is -0.222. The second kappa shape index (κ2) is 12.5. The highest BCUT2D eigenvalue weighted by Crippen LogP contribution is 2.25. The first-order valence-electron chi connectivity index (χ1n) is 9.66. The van der Waals surface area contributed by atoms with Gasteiger partial charge < -0.3 is 19.9 Å². The lowest BCUT2D eigenvalue weighted by Gasteiger charge is -2.38. The summed E-state index contributed by atoms with van der Waals surface area (Å²) in [6.45, 7) is 12.1. The van der Waals surface area contributed by atoms with Crippen LogP contribution < -0.4 is 5.32 Å². The van der Waals surface area contributed by atoms with E-state index >= 15 is 0 Å². The SMILES string of the molecule is CCN(CC)CCCNC(=NC)N1CC(C)OC(c2ccc(F)cc2)C1.I. The van der Waals surface area contributed by atoms with Crippen molar-refractivity contribution in [1.29, 1.82) is 0 Å². The number of halogens is 2. The van der Waals surface area contributed by atoms with Gasteiger partial charge in [0.05, 0.1) is 12.6 Å². The van der Waals surface area contributed by atoms with Crippen LogP contribution in [0.15, 0.2) is 29.3 Å². The number of morpholine rings is 1. The van der Waals surface area contributed by atoms with E-state index in [2.05, 4.69) is 40.9 Å². The molecule has 1 aliphatic heterocycles. The summed E-state index contributed by atoms with van der Waals surface area (Å²) in [6.07, 6.45) is 1.10. The molecule has 1 N–H and O–H groups in total. The van der Waals surface area contributed by atoms with Crippen molar-refractivity contribution in [3.05, 3.63) is 35.6 Å². The van der Waals surface area contributed by atoms with E-state index in [1.807, 2.05) is 7.05 Å². The van der Waals surface area contributed by atoms with Gasteiger partial charge in [-0.15, -0.1) is 24.0 Å². The molecule has 7 heteroatoms. The van der Waals surface area contributed by atoms with Crippen molar-refractivity contribution in [2.75, 3.05) is 46.3 Å². The summed E-state index contributed by atoms with van der Waals surface area (Å²) in [7, 11) is 1.82. The molecule has 1 aromatic carbocycles. The summed E-state index contributed by atoms with van der Waals surface area (Å²) in [5, 5.41) is 3.48. The van der Waals surface area contributed by atoms with Gasteiger partial charge in [-0.3, -0.25) is 4.99 Å². The first-order chi connectivity index (χ1) is 12.6. The van der Waals surface area contributed by atoms with Crippen LogP contribution in [0.2, 0.25) is 0 Å². The molecule has 0 amide bonds. The summed E-state index contributed by atoms with van der Waals surface area (Å²) >= 11 is 0. The maximum absolute atomic E-state index is 13.2. The standard InChI is InChI=1S/C20H33FN4O.HI/c1-5-24(6-2)13-7-12-23-20(22-4)25-14-16(3)26-19(15-25)17-8-10-18(21)11-9-17;/h8-11,16,19H,5-7,12-15H2,1-4H3,(H,22,23);1H. The zero-order valence-electron chi connectivity index (χ0n) is 16.9. The van der Waals surface area contributed by atoms with Crippen LogP contribution in [0.25, 0.3) is 0 Å². The molecule has 0 saturated carbocycles. The van der Waals surface area contributed by atoms with Gasteiger partial charge in [-0.05, 0) is 50.7 Å². The van der Waals surface area contributed by atoms with Gasteiger partial charge in [-0.1, -0.05) is 26.0 Å². The number of aliphatic imine (C=N–C) groups is 1. The number of hydrogen-bond donors (Lipinski definition) is 1. The zero-order valence-corrected chi connectivity index (χ0v) is 19.3. The average Bonchev–Trinajstić information content (AvgIpc) is 2.65. The van der Waals surface area contributed by atoms with Gasteiger partial charge in [-0.25, -0.2) is 4.39 Å². The van der Waals surface area contributed by atoms with Gasteiger partial charge in [0.15, 0.2) is 5.96 Å². The van der Waals surface area contributed by atoms with E-state index in [9.17, 15) is 4.39 Å². The lowest BCUT2D eigenvalue weighted by molar-refractivity contribution is -0.0605. The van der Waals surface area contributed by atoms with E-state index in [-0.39, 0.29) is 42.0 Å². The molecule has 1 aromatic rings. The summed E-state index contributed by atoms with van der Waals surface area (Å²) in [4.78, 5) is 9.11. The Balaban J connectivity index is 0.00000364. The van der Waals surface area contributed by atoms with Gasteiger partial charge in [0.25, 0.3) is 0 Å². The summed E-state index contributed by atoms with van der Waals surface area (Å²) in [6, 6.07) is 6.58. The number of nitrogens with one attached hydrogen (secondary N) is 1. The summed E-state index contributed by atoms with van der Waals surface area (Å²) in [5.74, 6) is 0.687. The van der Waals surface area contributed by atoms with E-state index in [0.717, 1.165) is 50.7 Å². The Morgan fingerprint density at radius 1 is 1.26 bits per heavy atom. The monoisotopic (exact) mass is 492 g/mol. The van der Waals surface area contributed by atoms with Crippen molar-refractivity contribution in [3.63, 3.8) is 0 Å². The van der Waals surface area contributed by atoms with Crippen LogP contribution in [0, 0.1) is 5.82 Å². The Labute approximate surface area is 180 Å². The molecule has 1 heterocycles. The Morgan fingerprint density at radius 3 is 2.52 bits per heavy atom. The normalized spacial score (nSPS) is 20.5. The molecule has 27 heavy (non-hydrogen) atoms. The van der Waals surface area contributed by atoms with Crippen molar-refractivity contribution in [3.8, 4) is 0 Å². The van der Waals surface area contributed by atoms with Crippen molar-refractivity contribution in [2.24, 2.45) is 4.99 Å². The molecular formula is C20H34FIN4O. The van der Waals surface area contributed by atoms with Crippen LogP contribution in [-0.4, -0.2) is 68.2 Å². The maximum atomic E-state index is 13.2. The number of guanidine groups is 1. The second-order valence-corrected chi connectivity index (χ2v) is 6.75. The Hall–Kier alpha value is -0.930. The van der Waals surface area contributed by atoms with Gasteiger partial charge >= 0.3 is 0 Å². The third kappa shape index (κ3) is 7.54. The van der Waals surface area contributed by atoms with Gasteiger partial charge in [0.2, 0.25) is 0 Å². The molecule has 5 nitrogen and oxygen atoms in total. The molecule has 2 atom stereocenters. The van der Waals surface area contributed by atoms with Gasteiger partial charge in [0, 0.05) is 20.1 Å². The smallest absolute Gasteiger partial charge is 0.193 e. The molecule has 1 saturated heterocycles. The fourth-order valence-corrected chi connectivity index (χ4v) is 3.36. The molecule has 0 aromatic heterocycles.